The van der Waals surface area contributed by atoms with Crippen molar-refractivity contribution in [3.8, 4) is 17.2 Å². The quantitative estimate of drug-likeness (QED) is 0.623. The van der Waals surface area contributed by atoms with Gasteiger partial charge in [0.1, 0.15) is 18.1 Å². The molecular formula is C25H26N2O4. The number of nitrogens with zero attached hydrogens (tertiary/aromatic N) is 2. The number of aromatic hydroxyl groups is 1. The number of ether oxygens (including phenoxy) is 2. The molecule has 1 fully saturated rings. The first-order valence-corrected chi connectivity index (χ1v) is 10.4. The van der Waals surface area contributed by atoms with E-state index in [0.29, 0.717) is 36.9 Å². The second-order valence-electron chi connectivity index (χ2n) is 7.68. The van der Waals surface area contributed by atoms with Crippen molar-refractivity contribution in [2.24, 2.45) is 0 Å². The van der Waals surface area contributed by atoms with Gasteiger partial charge in [-0.2, -0.15) is 0 Å². The van der Waals surface area contributed by atoms with Crippen LogP contribution in [-0.4, -0.2) is 41.1 Å². The van der Waals surface area contributed by atoms with Crippen molar-refractivity contribution in [2.45, 2.75) is 25.9 Å². The van der Waals surface area contributed by atoms with Gasteiger partial charge in [0.25, 0.3) is 5.91 Å². The maximum absolute atomic E-state index is 12.5. The monoisotopic (exact) mass is 418 g/mol. The molecule has 2 aromatic carbocycles. The van der Waals surface area contributed by atoms with Crippen LogP contribution in [0.25, 0.3) is 0 Å². The Kier molecular flexibility index (Phi) is 6.07. The molecule has 2 heterocycles. The van der Waals surface area contributed by atoms with Crippen molar-refractivity contribution < 1.29 is 19.4 Å². The summed E-state index contributed by atoms with van der Waals surface area (Å²) in [5.74, 6) is 1.55. The van der Waals surface area contributed by atoms with E-state index in [4.69, 9.17) is 9.47 Å². The number of carbonyl (C=O) groups excluding carboxylic acids is 1. The lowest BCUT2D eigenvalue weighted by molar-refractivity contribution is 0.0596. The Morgan fingerprint density at radius 2 is 1.81 bits per heavy atom. The van der Waals surface area contributed by atoms with Crippen LogP contribution in [0.1, 0.15) is 40.0 Å². The number of aryl methyl sites for hydroxylation is 1. The summed E-state index contributed by atoms with van der Waals surface area (Å²) in [6.45, 7) is 3.85. The zero-order valence-corrected chi connectivity index (χ0v) is 17.7. The molecule has 4 rings (SSSR count). The van der Waals surface area contributed by atoms with E-state index in [1.165, 1.54) is 23.9 Å². The number of amides is 1. The first kappa shape index (κ1) is 20.7. The van der Waals surface area contributed by atoms with Crippen molar-refractivity contribution in [2.75, 3.05) is 20.2 Å². The summed E-state index contributed by atoms with van der Waals surface area (Å²) in [7, 11) is 1.63. The number of methoxy groups -OCH3 is 1. The lowest BCUT2D eigenvalue weighted by Crippen LogP contribution is -2.48. The highest BCUT2D eigenvalue weighted by atomic mass is 16.5. The molecule has 1 amide bonds. The Hall–Kier alpha value is -3.54. The highest BCUT2D eigenvalue weighted by Crippen LogP contribution is 2.35. The number of hydrogen-bond donors (Lipinski definition) is 1. The molecule has 0 radical (unpaired) electrons. The summed E-state index contributed by atoms with van der Waals surface area (Å²) >= 11 is 0. The molecular weight excluding hydrogens is 392 g/mol. The van der Waals surface area contributed by atoms with Crippen LogP contribution in [0.15, 0.2) is 60.8 Å². The molecule has 6 heteroatoms. The Morgan fingerprint density at radius 1 is 1.06 bits per heavy atom. The van der Waals surface area contributed by atoms with Crippen molar-refractivity contribution >= 4 is 5.91 Å². The van der Waals surface area contributed by atoms with Crippen LogP contribution in [0.5, 0.6) is 17.2 Å². The predicted octanol–water partition coefficient (Wildman–Crippen LogP) is 4.18. The van der Waals surface area contributed by atoms with Crippen molar-refractivity contribution in [1.29, 1.82) is 0 Å². The standard InChI is InChI=1S/C25H26N2O4/c1-3-17-4-6-18(7-5-17)16-31-23-11-8-19(12-24(23)30-2)20-14-27(15-20)25(29)22-10-9-21(28)13-26-22/h4-13,20,28H,3,14-16H2,1-2H3. The van der Waals surface area contributed by atoms with E-state index in [2.05, 4.69) is 36.2 Å². The Bertz CT molecular complexity index is 1040. The zero-order chi connectivity index (χ0) is 21.8. The molecule has 0 unspecified atom stereocenters. The smallest absolute Gasteiger partial charge is 0.272 e. The van der Waals surface area contributed by atoms with E-state index in [-0.39, 0.29) is 17.6 Å². The number of aromatic nitrogens is 1. The fourth-order valence-corrected chi connectivity index (χ4v) is 3.62. The first-order valence-electron chi connectivity index (χ1n) is 10.4. The number of hydrogen-bond acceptors (Lipinski definition) is 5. The molecule has 31 heavy (non-hydrogen) atoms. The van der Waals surface area contributed by atoms with E-state index >= 15 is 0 Å². The minimum absolute atomic E-state index is 0.0467. The second kappa shape index (κ2) is 9.08. The van der Waals surface area contributed by atoms with Crippen LogP contribution in [0.2, 0.25) is 0 Å². The second-order valence-corrected chi connectivity index (χ2v) is 7.68. The van der Waals surface area contributed by atoms with E-state index in [9.17, 15) is 9.90 Å². The predicted molar refractivity (Wildman–Crippen MR) is 118 cm³/mol. The van der Waals surface area contributed by atoms with Gasteiger partial charge in [0.05, 0.1) is 13.3 Å². The van der Waals surface area contributed by atoms with Crippen LogP contribution in [0.4, 0.5) is 0 Å². The van der Waals surface area contributed by atoms with Gasteiger partial charge in [-0.05, 0) is 47.4 Å². The highest BCUT2D eigenvalue weighted by molar-refractivity contribution is 5.93. The van der Waals surface area contributed by atoms with E-state index in [1.54, 1.807) is 12.0 Å². The number of rotatable bonds is 7. The molecule has 1 aliphatic rings. The maximum atomic E-state index is 12.5. The molecule has 0 bridgehead atoms. The third kappa shape index (κ3) is 4.63. The lowest BCUT2D eigenvalue weighted by atomic mass is 9.91. The summed E-state index contributed by atoms with van der Waals surface area (Å²) in [5.41, 5.74) is 3.86. The van der Waals surface area contributed by atoms with Crippen molar-refractivity contribution in [3.05, 3.63) is 83.2 Å². The fraction of sp³-hybridized carbons (Fsp3) is 0.280. The summed E-state index contributed by atoms with van der Waals surface area (Å²) in [6.07, 6.45) is 2.30. The molecule has 6 nitrogen and oxygen atoms in total. The number of benzene rings is 2. The van der Waals surface area contributed by atoms with E-state index < -0.39 is 0 Å². The average molecular weight is 418 g/mol. The number of carbonyl (C=O) groups is 1. The topological polar surface area (TPSA) is 71.9 Å². The van der Waals surface area contributed by atoms with Crippen LogP contribution < -0.4 is 9.47 Å². The van der Waals surface area contributed by atoms with E-state index in [0.717, 1.165) is 17.5 Å². The number of pyridine rings is 1. The zero-order valence-electron chi connectivity index (χ0n) is 17.7. The SMILES string of the molecule is CCc1ccc(COc2ccc(C3CN(C(=O)c4ccc(O)cn4)C3)cc2OC)cc1. The van der Waals surface area contributed by atoms with Gasteiger partial charge < -0.3 is 19.5 Å². The van der Waals surface area contributed by atoms with Gasteiger partial charge in [0.2, 0.25) is 0 Å². The molecule has 1 aromatic heterocycles. The molecule has 1 N–H and O–H groups in total. The first-order chi connectivity index (χ1) is 15.1. The van der Waals surface area contributed by atoms with Gasteiger partial charge in [-0.25, -0.2) is 4.98 Å². The third-order valence-corrected chi connectivity index (χ3v) is 5.62. The highest BCUT2D eigenvalue weighted by Gasteiger charge is 2.33. The molecule has 0 aliphatic carbocycles. The Morgan fingerprint density at radius 3 is 2.45 bits per heavy atom. The molecule has 160 valence electrons. The maximum Gasteiger partial charge on any atom is 0.272 e. The largest absolute Gasteiger partial charge is 0.506 e. The summed E-state index contributed by atoms with van der Waals surface area (Å²) in [4.78, 5) is 18.2. The normalized spacial score (nSPS) is 13.5. The summed E-state index contributed by atoms with van der Waals surface area (Å²) in [6, 6.07) is 17.4. The van der Waals surface area contributed by atoms with Crippen LogP contribution >= 0.6 is 0 Å². The number of likely N-dealkylation sites (tertiary alicyclic amines) is 1. The van der Waals surface area contributed by atoms with Crippen LogP contribution in [0, 0.1) is 0 Å². The van der Waals surface area contributed by atoms with Gasteiger partial charge in [-0.1, -0.05) is 37.3 Å². The minimum Gasteiger partial charge on any atom is -0.506 e. The minimum atomic E-state index is -0.128. The van der Waals surface area contributed by atoms with Gasteiger partial charge >= 0.3 is 0 Å². The fourth-order valence-electron chi connectivity index (χ4n) is 3.62. The van der Waals surface area contributed by atoms with Crippen molar-refractivity contribution in [3.63, 3.8) is 0 Å². The van der Waals surface area contributed by atoms with Gasteiger partial charge in [0.15, 0.2) is 11.5 Å². The third-order valence-electron chi connectivity index (χ3n) is 5.62. The molecule has 0 saturated carbocycles. The van der Waals surface area contributed by atoms with Gasteiger partial charge in [-0.15, -0.1) is 0 Å². The Labute approximate surface area is 182 Å². The average Bonchev–Trinajstić information content (AvgIpc) is 2.77. The molecule has 3 aromatic rings. The Balaban J connectivity index is 1.37. The molecule has 0 atom stereocenters. The van der Waals surface area contributed by atoms with Gasteiger partial charge in [-0.3, -0.25) is 4.79 Å². The van der Waals surface area contributed by atoms with E-state index in [1.807, 2.05) is 18.2 Å². The van der Waals surface area contributed by atoms with Crippen LogP contribution in [-0.2, 0) is 13.0 Å². The van der Waals surface area contributed by atoms with Crippen molar-refractivity contribution in [1.82, 2.24) is 9.88 Å². The van der Waals surface area contributed by atoms with Gasteiger partial charge in [0, 0.05) is 19.0 Å². The molecule has 1 saturated heterocycles. The molecule has 1 aliphatic heterocycles. The summed E-state index contributed by atoms with van der Waals surface area (Å²) < 4.78 is 11.5. The molecule has 0 spiro atoms. The lowest BCUT2D eigenvalue weighted by Gasteiger charge is -2.39. The summed E-state index contributed by atoms with van der Waals surface area (Å²) in [5, 5.41) is 9.33. The van der Waals surface area contributed by atoms with Crippen LogP contribution in [0.3, 0.4) is 0 Å².